The van der Waals surface area contributed by atoms with Crippen LogP contribution in [0.2, 0.25) is 0 Å². The molecule has 4 aliphatic carbocycles. The Morgan fingerprint density at radius 3 is 2.26 bits per heavy atom. The summed E-state index contributed by atoms with van der Waals surface area (Å²) in [7, 11) is 1.66. The number of hydrogen-bond donors (Lipinski definition) is 1. The highest BCUT2D eigenvalue weighted by molar-refractivity contribution is 5.43. The van der Waals surface area contributed by atoms with Crippen molar-refractivity contribution < 1.29 is 4.74 Å². The Kier molecular flexibility index (Phi) is 2.68. The largest absolute Gasteiger partial charge is 0.481 e. The fourth-order valence-corrected chi connectivity index (χ4v) is 4.94. The zero-order chi connectivity index (χ0) is 12.8. The molecule has 1 aromatic rings. The van der Waals surface area contributed by atoms with Gasteiger partial charge in [0.2, 0.25) is 5.88 Å². The van der Waals surface area contributed by atoms with Crippen LogP contribution in [0.1, 0.15) is 32.1 Å². The predicted octanol–water partition coefficient (Wildman–Crippen LogP) is 3.33. The van der Waals surface area contributed by atoms with Crippen molar-refractivity contribution in [3.05, 3.63) is 18.3 Å². The first-order valence-electron chi connectivity index (χ1n) is 7.58. The summed E-state index contributed by atoms with van der Waals surface area (Å²) in [6.07, 6.45) is 9.23. The molecule has 1 N–H and O–H groups in total. The molecule has 0 aliphatic heterocycles. The van der Waals surface area contributed by atoms with E-state index in [2.05, 4.69) is 16.4 Å². The lowest BCUT2D eigenvalue weighted by Gasteiger charge is -2.54. The second-order valence-electron chi connectivity index (χ2n) is 6.69. The maximum Gasteiger partial charge on any atom is 0.213 e. The highest BCUT2D eigenvalue weighted by atomic mass is 16.5. The SMILES string of the molecule is COc1ccc(NC2C3CC4CC(C3)CC2C4)cn1. The molecule has 0 unspecified atom stereocenters. The third-order valence-electron chi connectivity index (χ3n) is 5.51. The third kappa shape index (κ3) is 1.99. The van der Waals surface area contributed by atoms with E-state index >= 15 is 0 Å². The van der Waals surface area contributed by atoms with Crippen molar-refractivity contribution in [2.45, 2.75) is 38.1 Å². The van der Waals surface area contributed by atoms with Gasteiger partial charge in [0.15, 0.2) is 0 Å². The molecule has 3 nitrogen and oxygen atoms in total. The zero-order valence-corrected chi connectivity index (χ0v) is 11.5. The molecule has 0 saturated heterocycles. The van der Waals surface area contributed by atoms with E-state index < -0.39 is 0 Å². The van der Waals surface area contributed by atoms with E-state index in [0.29, 0.717) is 11.9 Å². The normalized spacial score (nSPS) is 39.3. The number of nitrogens with zero attached hydrogens (tertiary/aromatic N) is 1. The fourth-order valence-electron chi connectivity index (χ4n) is 4.94. The Morgan fingerprint density at radius 2 is 1.74 bits per heavy atom. The average Bonchev–Trinajstić information content (AvgIpc) is 2.43. The molecule has 1 heterocycles. The quantitative estimate of drug-likeness (QED) is 0.903. The molecular formula is C16H22N2O. The minimum Gasteiger partial charge on any atom is -0.481 e. The number of ether oxygens (including phenoxy) is 1. The van der Waals surface area contributed by atoms with Gasteiger partial charge in [-0.05, 0) is 61.8 Å². The topological polar surface area (TPSA) is 34.1 Å². The van der Waals surface area contributed by atoms with Crippen LogP contribution in [0.15, 0.2) is 18.3 Å². The average molecular weight is 258 g/mol. The van der Waals surface area contributed by atoms with Crippen molar-refractivity contribution in [3.8, 4) is 5.88 Å². The second kappa shape index (κ2) is 4.39. The van der Waals surface area contributed by atoms with Crippen molar-refractivity contribution in [3.63, 3.8) is 0 Å². The van der Waals surface area contributed by atoms with Crippen molar-refractivity contribution in [1.82, 2.24) is 4.98 Å². The highest BCUT2D eigenvalue weighted by Gasteiger charge is 2.48. The Morgan fingerprint density at radius 1 is 1.05 bits per heavy atom. The summed E-state index contributed by atoms with van der Waals surface area (Å²) in [4.78, 5) is 4.30. The third-order valence-corrected chi connectivity index (χ3v) is 5.51. The van der Waals surface area contributed by atoms with Gasteiger partial charge in [-0.1, -0.05) is 0 Å². The predicted molar refractivity (Wildman–Crippen MR) is 75.2 cm³/mol. The van der Waals surface area contributed by atoms with Gasteiger partial charge in [-0.3, -0.25) is 0 Å². The number of methoxy groups -OCH3 is 1. The van der Waals surface area contributed by atoms with Gasteiger partial charge >= 0.3 is 0 Å². The van der Waals surface area contributed by atoms with E-state index in [1.807, 2.05) is 12.3 Å². The molecule has 0 radical (unpaired) electrons. The summed E-state index contributed by atoms with van der Waals surface area (Å²) in [6.45, 7) is 0. The maximum atomic E-state index is 5.11. The van der Waals surface area contributed by atoms with Crippen LogP contribution in [0.3, 0.4) is 0 Å². The minimum atomic E-state index is 0.683. The van der Waals surface area contributed by atoms with Crippen LogP contribution in [0, 0.1) is 23.7 Å². The van der Waals surface area contributed by atoms with Gasteiger partial charge in [0.1, 0.15) is 0 Å². The molecular weight excluding hydrogens is 236 g/mol. The van der Waals surface area contributed by atoms with Gasteiger partial charge in [0.25, 0.3) is 0 Å². The maximum absolute atomic E-state index is 5.11. The minimum absolute atomic E-state index is 0.683. The second-order valence-corrected chi connectivity index (χ2v) is 6.69. The lowest BCUT2D eigenvalue weighted by atomic mass is 9.54. The van der Waals surface area contributed by atoms with Gasteiger partial charge in [-0.2, -0.15) is 0 Å². The van der Waals surface area contributed by atoms with Crippen molar-refractivity contribution in [1.29, 1.82) is 0 Å². The molecule has 0 spiro atoms. The number of hydrogen-bond acceptors (Lipinski definition) is 3. The van der Waals surface area contributed by atoms with Gasteiger partial charge in [0, 0.05) is 12.1 Å². The molecule has 4 bridgehead atoms. The van der Waals surface area contributed by atoms with Crippen LogP contribution in [0.25, 0.3) is 0 Å². The van der Waals surface area contributed by atoms with E-state index in [4.69, 9.17) is 4.74 Å². The van der Waals surface area contributed by atoms with Crippen LogP contribution in [-0.4, -0.2) is 18.1 Å². The van der Waals surface area contributed by atoms with Crippen LogP contribution in [0.4, 0.5) is 5.69 Å². The van der Waals surface area contributed by atoms with E-state index in [1.165, 1.54) is 32.1 Å². The van der Waals surface area contributed by atoms with Gasteiger partial charge in [-0.25, -0.2) is 4.98 Å². The Labute approximate surface area is 114 Å². The summed E-state index contributed by atoms with van der Waals surface area (Å²) < 4.78 is 5.11. The first-order valence-corrected chi connectivity index (χ1v) is 7.58. The molecule has 1 aromatic heterocycles. The molecule has 5 rings (SSSR count). The Balaban J connectivity index is 1.50. The monoisotopic (exact) mass is 258 g/mol. The van der Waals surface area contributed by atoms with E-state index in [-0.39, 0.29) is 0 Å². The van der Waals surface area contributed by atoms with E-state index in [9.17, 15) is 0 Å². The van der Waals surface area contributed by atoms with Crippen molar-refractivity contribution >= 4 is 5.69 Å². The number of pyridine rings is 1. The standard InChI is InChI=1S/C16H22N2O/c1-19-15-3-2-14(9-17-15)18-16-12-5-10-4-11(7-12)8-13(16)6-10/h2-3,9-13,16,18H,4-8H2,1H3. The summed E-state index contributed by atoms with van der Waals surface area (Å²) in [5.41, 5.74) is 1.15. The molecule has 0 amide bonds. The first-order chi connectivity index (χ1) is 9.31. The lowest BCUT2D eigenvalue weighted by Crippen LogP contribution is -2.51. The molecule has 4 saturated carbocycles. The number of nitrogens with one attached hydrogen (secondary N) is 1. The Bertz CT molecular complexity index is 428. The molecule has 4 fully saturated rings. The van der Waals surface area contributed by atoms with E-state index in [0.717, 1.165) is 29.4 Å². The highest BCUT2D eigenvalue weighted by Crippen LogP contribution is 2.54. The zero-order valence-electron chi connectivity index (χ0n) is 11.5. The molecule has 3 heteroatoms. The molecule has 102 valence electrons. The van der Waals surface area contributed by atoms with Crippen molar-refractivity contribution in [2.75, 3.05) is 12.4 Å². The molecule has 0 aromatic carbocycles. The van der Waals surface area contributed by atoms with Crippen LogP contribution in [0.5, 0.6) is 5.88 Å². The first kappa shape index (κ1) is 11.6. The van der Waals surface area contributed by atoms with Crippen LogP contribution < -0.4 is 10.1 Å². The number of aromatic nitrogens is 1. The lowest BCUT2D eigenvalue weighted by molar-refractivity contribution is 0.00753. The molecule has 0 atom stereocenters. The van der Waals surface area contributed by atoms with Crippen LogP contribution >= 0.6 is 0 Å². The Hall–Kier alpha value is -1.25. The fraction of sp³-hybridized carbons (Fsp3) is 0.688. The summed E-state index contributed by atoms with van der Waals surface area (Å²) >= 11 is 0. The number of anilines is 1. The molecule has 19 heavy (non-hydrogen) atoms. The van der Waals surface area contributed by atoms with Gasteiger partial charge in [-0.15, -0.1) is 0 Å². The van der Waals surface area contributed by atoms with Gasteiger partial charge < -0.3 is 10.1 Å². The smallest absolute Gasteiger partial charge is 0.213 e. The van der Waals surface area contributed by atoms with E-state index in [1.54, 1.807) is 7.11 Å². The summed E-state index contributed by atoms with van der Waals surface area (Å²) in [6, 6.07) is 4.72. The van der Waals surface area contributed by atoms with Gasteiger partial charge in [0.05, 0.1) is 19.0 Å². The summed E-state index contributed by atoms with van der Waals surface area (Å²) in [5, 5.41) is 3.76. The van der Waals surface area contributed by atoms with Crippen molar-refractivity contribution in [2.24, 2.45) is 23.7 Å². The number of rotatable bonds is 3. The summed E-state index contributed by atoms with van der Waals surface area (Å²) in [5.74, 6) is 4.57. The molecule has 4 aliphatic rings. The van der Waals surface area contributed by atoms with Crippen LogP contribution in [-0.2, 0) is 0 Å².